The normalized spacial score (nSPS) is 10.3. The van der Waals surface area contributed by atoms with Gasteiger partial charge >= 0.3 is 0 Å². The minimum Gasteiger partial charge on any atom is -0.326 e. The molecule has 0 atom stereocenters. The first-order valence-corrected chi connectivity index (χ1v) is 9.26. The molecule has 5 nitrogen and oxygen atoms in total. The zero-order valence-corrected chi connectivity index (χ0v) is 15.7. The Morgan fingerprint density at radius 3 is 2.56 bits per heavy atom. The van der Waals surface area contributed by atoms with Gasteiger partial charge < -0.3 is 10.6 Å². The maximum Gasteiger partial charge on any atom is 0.247 e. The van der Waals surface area contributed by atoms with Crippen LogP contribution in [0.2, 0.25) is 0 Å². The number of thiazole rings is 1. The number of aryl methyl sites for hydroxylation is 1. The van der Waals surface area contributed by atoms with E-state index in [1.807, 2.05) is 42.6 Å². The van der Waals surface area contributed by atoms with E-state index in [9.17, 15) is 9.59 Å². The highest BCUT2D eigenvalue weighted by molar-refractivity contribution is 7.09. The van der Waals surface area contributed by atoms with Crippen molar-refractivity contribution >= 4 is 34.5 Å². The van der Waals surface area contributed by atoms with Gasteiger partial charge in [0.1, 0.15) is 0 Å². The highest BCUT2D eigenvalue weighted by atomic mass is 32.1. The van der Waals surface area contributed by atoms with E-state index >= 15 is 0 Å². The van der Waals surface area contributed by atoms with Gasteiger partial charge in [-0.15, -0.1) is 11.3 Å². The van der Waals surface area contributed by atoms with Gasteiger partial charge in [0.05, 0.1) is 17.1 Å². The first-order valence-electron chi connectivity index (χ1n) is 8.38. The van der Waals surface area contributed by atoms with Crippen molar-refractivity contribution in [3.05, 3.63) is 77.1 Å². The summed E-state index contributed by atoms with van der Waals surface area (Å²) in [5.41, 5.74) is 4.13. The van der Waals surface area contributed by atoms with Gasteiger partial charge in [-0.1, -0.05) is 30.8 Å². The molecular formula is C21H19N3O2S. The average molecular weight is 377 g/mol. The molecule has 27 heavy (non-hydrogen) atoms. The topological polar surface area (TPSA) is 71.1 Å². The summed E-state index contributed by atoms with van der Waals surface area (Å²) in [6.45, 7) is 5.39. The molecule has 1 aromatic heterocycles. The zero-order chi connectivity index (χ0) is 19.2. The number of aromatic nitrogens is 1. The Labute approximate surface area is 161 Å². The van der Waals surface area contributed by atoms with Crippen molar-refractivity contribution in [1.82, 2.24) is 4.98 Å². The van der Waals surface area contributed by atoms with Crippen molar-refractivity contribution in [2.24, 2.45) is 0 Å². The molecule has 0 aliphatic rings. The summed E-state index contributed by atoms with van der Waals surface area (Å²) in [5.74, 6) is -0.411. The third kappa shape index (κ3) is 5.12. The Kier molecular flexibility index (Phi) is 5.78. The van der Waals surface area contributed by atoms with Crippen molar-refractivity contribution in [2.75, 3.05) is 10.6 Å². The summed E-state index contributed by atoms with van der Waals surface area (Å²) in [7, 11) is 0. The monoisotopic (exact) mass is 377 g/mol. The van der Waals surface area contributed by atoms with E-state index in [0.717, 1.165) is 27.5 Å². The van der Waals surface area contributed by atoms with Crippen LogP contribution >= 0.6 is 11.3 Å². The fourth-order valence-electron chi connectivity index (χ4n) is 2.56. The fraction of sp³-hybridized carbons (Fsp3) is 0.0952. The summed E-state index contributed by atoms with van der Waals surface area (Å²) >= 11 is 1.61. The van der Waals surface area contributed by atoms with Crippen molar-refractivity contribution < 1.29 is 9.59 Å². The summed E-state index contributed by atoms with van der Waals surface area (Å²) in [4.78, 5) is 28.1. The molecule has 3 aromatic rings. The Hall–Kier alpha value is -3.25. The van der Waals surface area contributed by atoms with Crippen molar-refractivity contribution in [3.8, 4) is 11.3 Å². The minimum absolute atomic E-state index is 0.126. The number of amides is 2. The van der Waals surface area contributed by atoms with Crippen LogP contribution in [0, 0.1) is 6.92 Å². The van der Waals surface area contributed by atoms with Crippen LogP contribution in [0.3, 0.4) is 0 Å². The van der Waals surface area contributed by atoms with Crippen LogP contribution in [0.1, 0.15) is 10.6 Å². The summed E-state index contributed by atoms with van der Waals surface area (Å²) in [6, 6.07) is 14.8. The lowest BCUT2D eigenvalue weighted by Gasteiger charge is -2.08. The Morgan fingerprint density at radius 1 is 1.11 bits per heavy atom. The van der Waals surface area contributed by atoms with E-state index in [1.54, 1.807) is 29.5 Å². The molecule has 0 aliphatic carbocycles. The largest absolute Gasteiger partial charge is 0.326 e. The van der Waals surface area contributed by atoms with Gasteiger partial charge in [-0.3, -0.25) is 9.59 Å². The molecular weight excluding hydrogens is 358 g/mol. The van der Waals surface area contributed by atoms with Crippen LogP contribution in [0.15, 0.2) is 66.6 Å². The molecule has 0 saturated carbocycles. The van der Waals surface area contributed by atoms with Crippen LogP contribution in [0.25, 0.3) is 11.3 Å². The molecule has 6 heteroatoms. The Bertz CT molecular complexity index is 977. The standard InChI is InChI=1S/C21H19N3O2S/c1-3-20(25)24-18-6-4-5-15(11-18)12-21(26)23-17-9-7-16(8-10-17)19-13-27-14(2)22-19/h3-11,13H,1,12H2,2H3,(H,23,26)(H,24,25). The minimum atomic E-state index is -0.285. The number of carbonyl (C=O) groups excluding carboxylic acids is 2. The molecule has 0 saturated heterocycles. The summed E-state index contributed by atoms with van der Waals surface area (Å²) in [6.07, 6.45) is 1.42. The van der Waals surface area contributed by atoms with Gasteiger partial charge in [0.25, 0.3) is 0 Å². The van der Waals surface area contributed by atoms with Crippen molar-refractivity contribution in [2.45, 2.75) is 13.3 Å². The molecule has 2 amide bonds. The number of nitrogens with one attached hydrogen (secondary N) is 2. The molecule has 0 spiro atoms. The molecule has 2 aromatic carbocycles. The van der Waals surface area contributed by atoms with Gasteiger partial charge in [-0.05, 0) is 42.8 Å². The first kappa shape index (κ1) is 18.5. The second-order valence-corrected chi connectivity index (χ2v) is 7.01. The van der Waals surface area contributed by atoms with E-state index in [-0.39, 0.29) is 18.2 Å². The van der Waals surface area contributed by atoms with Gasteiger partial charge in [-0.2, -0.15) is 0 Å². The van der Waals surface area contributed by atoms with Gasteiger partial charge in [0.2, 0.25) is 11.8 Å². The second-order valence-electron chi connectivity index (χ2n) is 5.95. The molecule has 3 rings (SSSR count). The Morgan fingerprint density at radius 2 is 1.89 bits per heavy atom. The highest BCUT2D eigenvalue weighted by Crippen LogP contribution is 2.23. The number of carbonyl (C=O) groups is 2. The van der Waals surface area contributed by atoms with E-state index in [0.29, 0.717) is 5.69 Å². The van der Waals surface area contributed by atoms with E-state index in [4.69, 9.17) is 0 Å². The van der Waals surface area contributed by atoms with Gasteiger partial charge in [0, 0.05) is 22.3 Å². The van der Waals surface area contributed by atoms with Crippen LogP contribution < -0.4 is 10.6 Å². The third-order valence-electron chi connectivity index (χ3n) is 3.83. The van der Waals surface area contributed by atoms with E-state index in [1.165, 1.54) is 6.08 Å². The maximum absolute atomic E-state index is 12.3. The number of anilines is 2. The SMILES string of the molecule is C=CC(=O)Nc1cccc(CC(=O)Nc2ccc(-c3csc(C)n3)cc2)c1. The smallest absolute Gasteiger partial charge is 0.247 e. The molecule has 0 bridgehead atoms. The predicted molar refractivity (Wildman–Crippen MR) is 110 cm³/mol. The lowest BCUT2D eigenvalue weighted by Crippen LogP contribution is -2.14. The third-order valence-corrected chi connectivity index (χ3v) is 4.60. The van der Waals surface area contributed by atoms with Crippen molar-refractivity contribution in [3.63, 3.8) is 0 Å². The lowest BCUT2D eigenvalue weighted by atomic mass is 10.1. The number of hydrogen-bond acceptors (Lipinski definition) is 4. The first-order chi connectivity index (χ1) is 13.0. The Balaban J connectivity index is 1.61. The molecule has 0 radical (unpaired) electrons. The van der Waals surface area contributed by atoms with Crippen LogP contribution in [0.4, 0.5) is 11.4 Å². The second kappa shape index (κ2) is 8.42. The number of nitrogens with zero attached hydrogens (tertiary/aromatic N) is 1. The number of benzene rings is 2. The van der Waals surface area contributed by atoms with Gasteiger partial charge in [-0.25, -0.2) is 4.98 Å². The molecule has 0 fully saturated rings. The molecule has 1 heterocycles. The summed E-state index contributed by atoms with van der Waals surface area (Å²) in [5, 5.41) is 8.61. The quantitative estimate of drug-likeness (QED) is 0.625. The fourth-order valence-corrected chi connectivity index (χ4v) is 3.19. The number of rotatable bonds is 6. The van der Waals surface area contributed by atoms with Gasteiger partial charge in [0.15, 0.2) is 0 Å². The van der Waals surface area contributed by atoms with Crippen LogP contribution in [-0.2, 0) is 16.0 Å². The van der Waals surface area contributed by atoms with E-state index < -0.39 is 0 Å². The predicted octanol–water partition coefficient (Wildman–Crippen LogP) is 4.42. The number of hydrogen-bond donors (Lipinski definition) is 2. The molecule has 0 unspecified atom stereocenters. The summed E-state index contributed by atoms with van der Waals surface area (Å²) < 4.78 is 0. The van der Waals surface area contributed by atoms with Crippen LogP contribution in [0.5, 0.6) is 0 Å². The van der Waals surface area contributed by atoms with Crippen LogP contribution in [-0.4, -0.2) is 16.8 Å². The van der Waals surface area contributed by atoms with E-state index in [2.05, 4.69) is 22.2 Å². The lowest BCUT2D eigenvalue weighted by molar-refractivity contribution is -0.115. The molecule has 0 aliphatic heterocycles. The average Bonchev–Trinajstić information content (AvgIpc) is 3.09. The molecule has 2 N–H and O–H groups in total. The zero-order valence-electron chi connectivity index (χ0n) is 14.9. The molecule has 136 valence electrons. The van der Waals surface area contributed by atoms with Crippen molar-refractivity contribution in [1.29, 1.82) is 0 Å². The maximum atomic E-state index is 12.3. The highest BCUT2D eigenvalue weighted by Gasteiger charge is 2.07.